The van der Waals surface area contributed by atoms with Crippen molar-refractivity contribution in [2.75, 3.05) is 12.3 Å². The highest BCUT2D eigenvalue weighted by atomic mass is 32.2. The van der Waals surface area contributed by atoms with Crippen molar-refractivity contribution in [3.63, 3.8) is 0 Å². The van der Waals surface area contributed by atoms with Gasteiger partial charge >= 0.3 is 0 Å². The zero-order valence-electron chi connectivity index (χ0n) is 14.3. The van der Waals surface area contributed by atoms with Gasteiger partial charge in [-0.05, 0) is 36.4 Å². The normalized spacial score (nSPS) is 10.6. The second-order valence-electron chi connectivity index (χ2n) is 5.54. The van der Waals surface area contributed by atoms with Crippen LogP contribution in [-0.4, -0.2) is 23.2 Å². The van der Waals surface area contributed by atoms with E-state index in [0.29, 0.717) is 6.54 Å². The van der Waals surface area contributed by atoms with Crippen LogP contribution in [0.5, 0.6) is 0 Å². The Morgan fingerprint density at radius 3 is 2.65 bits per heavy atom. The number of carbonyl (C=O) groups is 1. The Bertz CT molecular complexity index is 807. The van der Waals surface area contributed by atoms with Gasteiger partial charge in [0.05, 0.1) is 16.8 Å². The van der Waals surface area contributed by atoms with Crippen molar-refractivity contribution in [3.8, 4) is 0 Å². The molecule has 6 heteroatoms. The van der Waals surface area contributed by atoms with E-state index in [1.165, 1.54) is 4.90 Å². The first-order valence-electron chi connectivity index (χ1n) is 8.38. The quantitative estimate of drug-likeness (QED) is 0.388. The Morgan fingerprint density at radius 1 is 1.04 bits per heavy atom. The Balaban J connectivity index is 1.45. The minimum atomic E-state index is -0.00362. The molecular formula is C20H20N2OS3. The molecule has 0 bridgehead atoms. The van der Waals surface area contributed by atoms with Crippen molar-refractivity contribution < 1.29 is 4.79 Å². The summed E-state index contributed by atoms with van der Waals surface area (Å²) in [6.07, 6.45) is 0.944. The summed E-state index contributed by atoms with van der Waals surface area (Å²) in [4.78, 5) is 19.1. The summed E-state index contributed by atoms with van der Waals surface area (Å²) in [6.45, 7) is 0.684. The van der Waals surface area contributed by atoms with Crippen LogP contribution in [0.2, 0.25) is 0 Å². The minimum Gasteiger partial charge on any atom is -0.352 e. The summed E-state index contributed by atoms with van der Waals surface area (Å²) in [5, 5.41) is 5.08. The molecule has 1 heterocycles. The van der Waals surface area contributed by atoms with Crippen molar-refractivity contribution >= 4 is 40.8 Å². The van der Waals surface area contributed by atoms with Crippen molar-refractivity contribution in [1.82, 2.24) is 10.3 Å². The van der Waals surface area contributed by atoms with Gasteiger partial charge in [-0.25, -0.2) is 4.98 Å². The summed E-state index contributed by atoms with van der Waals surface area (Å²) >= 11 is 5.06. The molecule has 3 aromatic rings. The van der Waals surface area contributed by atoms with Crippen LogP contribution in [0.3, 0.4) is 0 Å². The third-order valence-electron chi connectivity index (χ3n) is 3.61. The van der Waals surface area contributed by atoms with Gasteiger partial charge in [-0.3, -0.25) is 4.79 Å². The van der Waals surface area contributed by atoms with Crippen LogP contribution in [0.1, 0.15) is 22.5 Å². The lowest BCUT2D eigenvalue weighted by Crippen LogP contribution is -2.25. The van der Waals surface area contributed by atoms with Gasteiger partial charge in [0, 0.05) is 27.5 Å². The number of aromatic nitrogens is 1. The number of hydrogen-bond donors (Lipinski definition) is 1. The number of amides is 1. The van der Waals surface area contributed by atoms with Gasteiger partial charge in [0.25, 0.3) is 5.91 Å². The predicted molar refractivity (Wildman–Crippen MR) is 112 cm³/mol. The number of thiazole rings is 1. The molecule has 1 amide bonds. The van der Waals surface area contributed by atoms with Crippen molar-refractivity contribution in [2.45, 2.75) is 22.0 Å². The number of carbonyl (C=O) groups excluding carboxylic acids is 1. The molecule has 134 valence electrons. The van der Waals surface area contributed by atoms with Gasteiger partial charge in [-0.1, -0.05) is 30.3 Å². The maximum Gasteiger partial charge on any atom is 0.252 e. The van der Waals surface area contributed by atoms with Gasteiger partial charge in [0.1, 0.15) is 0 Å². The molecule has 3 nitrogen and oxygen atoms in total. The lowest BCUT2D eigenvalue weighted by Gasteiger charge is -2.09. The molecular weight excluding hydrogens is 380 g/mol. The third kappa shape index (κ3) is 5.90. The minimum absolute atomic E-state index is 0.00362. The van der Waals surface area contributed by atoms with Gasteiger partial charge in [-0.15, -0.1) is 34.9 Å². The second-order valence-corrected chi connectivity index (χ2v) is 8.44. The van der Waals surface area contributed by atoms with Crippen LogP contribution >= 0.6 is 34.9 Å². The largest absolute Gasteiger partial charge is 0.352 e. The van der Waals surface area contributed by atoms with Crippen LogP contribution in [0.4, 0.5) is 0 Å². The zero-order chi connectivity index (χ0) is 18.0. The number of rotatable bonds is 9. The number of benzene rings is 2. The predicted octanol–water partition coefficient (Wildman–Crippen LogP) is 5.35. The van der Waals surface area contributed by atoms with E-state index in [2.05, 4.69) is 22.4 Å². The number of nitrogens with one attached hydrogen (secondary N) is 1. The Kier molecular flexibility index (Phi) is 7.61. The molecule has 0 aliphatic rings. The molecule has 2 aromatic carbocycles. The molecule has 0 saturated carbocycles. The fraction of sp³-hybridized carbons (Fsp3) is 0.200. The first-order chi connectivity index (χ1) is 12.8. The molecule has 0 spiro atoms. The highest BCUT2D eigenvalue weighted by Crippen LogP contribution is 2.26. The molecule has 0 atom stereocenters. The summed E-state index contributed by atoms with van der Waals surface area (Å²) < 4.78 is 0. The van der Waals surface area contributed by atoms with Crippen LogP contribution in [0.15, 0.2) is 75.3 Å². The maximum absolute atomic E-state index is 12.5. The van der Waals surface area contributed by atoms with Crippen LogP contribution in [0.25, 0.3) is 0 Å². The second kappa shape index (κ2) is 10.4. The number of hydrogen-bond acceptors (Lipinski definition) is 5. The molecule has 0 aliphatic carbocycles. The van der Waals surface area contributed by atoms with E-state index in [9.17, 15) is 4.79 Å². The molecule has 1 N–H and O–H groups in total. The molecule has 26 heavy (non-hydrogen) atoms. The van der Waals surface area contributed by atoms with E-state index < -0.39 is 0 Å². The van der Waals surface area contributed by atoms with Crippen LogP contribution < -0.4 is 5.32 Å². The highest BCUT2D eigenvalue weighted by Gasteiger charge is 2.11. The smallest absolute Gasteiger partial charge is 0.252 e. The first kappa shape index (κ1) is 19.0. The molecule has 0 radical (unpaired) electrons. The van der Waals surface area contributed by atoms with Crippen LogP contribution in [-0.2, 0) is 5.75 Å². The van der Waals surface area contributed by atoms with Crippen LogP contribution in [0, 0.1) is 0 Å². The van der Waals surface area contributed by atoms with Crippen molar-refractivity contribution in [2.24, 2.45) is 0 Å². The zero-order valence-corrected chi connectivity index (χ0v) is 16.7. The van der Waals surface area contributed by atoms with E-state index in [1.807, 2.05) is 65.1 Å². The summed E-state index contributed by atoms with van der Waals surface area (Å²) in [7, 11) is 0. The molecule has 0 unspecified atom stereocenters. The number of thioether (sulfide) groups is 2. The lowest BCUT2D eigenvalue weighted by atomic mass is 10.2. The first-order valence-corrected chi connectivity index (χ1v) is 11.3. The highest BCUT2D eigenvalue weighted by molar-refractivity contribution is 7.99. The summed E-state index contributed by atoms with van der Waals surface area (Å²) in [5.74, 6) is 1.77. The van der Waals surface area contributed by atoms with E-state index >= 15 is 0 Å². The van der Waals surface area contributed by atoms with E-state index in [4.69, 9.17) is 0 Å². The van der Waals surface area contributed by atoms with Crippen molar-refractivity contribution in [3.05, 3.63) is 76.7 Å². The Labute approximate surface area is 166 Å². The molecule has 3 rings (SSSR count). The van der Waals surface area contributed by atoms with Gasteiger partial charge in [0.15, 0.2) is 0 Å². The molecule has 1 aromatic heterocycles. The summed E-state index contributed by atoms with van der Waals surface area (Å²) in [6, 6.07) is 18.1. The fourth-order valence-corrected chi connectivity index (χ4v) is 4.81. The van der Waals surface area contributed by atoms with E-state index in [0.717, 1.165) is 34.1 Å². The molecule has 0 aliphatic heterocycles. The SMILES string of the molecule is O=C(NCCCSc1ccccc1)c1ccccc1SCc1cscn1. The molecule has 0 saturated heterocycles. The lowest BCUT2D eigenvalue weighted by molar-refractivity contribution is 0.0951. The Morgan fingerprint density at radius 2 is 1.85 bits per heavy atom. The van der Waals surface area contributed by atoms with Crippen molar-refractivity contribution in [1.29, 1.82) is 0 Å². The van der Waals surface area contributed by atoms with Gasteiger partial charge in [-0.2, -0.15) is 0 Å². The van der Waals surface area contributed by atoms with E-state index in [-0.39, 0.29) is 5.91 Å². The molecule has 0 fully saturated rings. The summed E-state index contributed by atoms with van der Waals surface area (Å²) in [5.41, 5.74) is 3.62. The average Bonchev–Trinajstić information content (AvgIpc) is 3.20. The Hall–Kier alpha value is -1.76. The monoisotopic (exact) mass is 400 g/mol. The van der Waals surface area contributed by atoms with E-state index in [1.54, 1.807) is 23.1 Å². The number of nitrogens with zero attached hydrogens (tertiary/aromatic N) is 1. The topological polar surface area (TPSA) is 42.0 Å². The third-order valence-corrected chi connectivity index (χ3v) is 6.45. The van der Waals surface area contributed by atoms with Gasteiger partial charge in [0.2, 0.25) is 0 Å². The van der Waals surface area contributed by atoms with Gasteiger partial charge < -0.3 is 5.32 Å². The maximum atomic E-state index is 12.5. The standard InChI is InChI=1S/C20H20N2OS3/c23-20(21-11-6-12-25-17-7-2-1-3-8-17)18-9-4-5-10-19(18)26-14-16-13-24-15-22-16/h1-5,7-10,13,15H,6,11-12,14H2,(H,21,23). The average molecular weight is 401 g/mol. The fourth-order valence-electron chi connectivity index (χ4n) is 2.32.